The van der Waals surface area contributed by atoms with Gasteiger partial charge in [-0.2, -0.15) is 0 Å². The molecule has 3 rings (SSSR count). The molecule has 0 N–H and O–H groups in total. The fourth-order valence-corrected chi connectivity index (χ4v) is 5.59. The second-order valence-electron chi connectivity index (χ2n) is 9.37. The Balaban J connectivity index is 1.35. The van der Waals surface area contributed by atoms with E-state index in [4.69, 9.17) is 4.74 Å². The third-order valence-corrected chi connectivity index (χ3v) is 7.32. The van der Waals surface area contributed by atoms with Crippen molar-refractivity contribution in [3.8, 4) is 0 Å². The molecule has 0 radical (unpaired) electrons. The highest BCUT2D eigenvalue weighted by molar-refractivity contribution is 5.03. The maximum Gasteiger partial charge on any atom is 0.101 e. The van der Waals surface area contributed by atoms with E-state index in [2.05, 4.69) is 32.3 Å². The normalized spacial score (nSPS) is 35.9. The van der Waals surface area contributed by atoms with Gasteiger partial charge in [0.25, 0.3) is 0 Å². The molecule has 1 heteroatoms. The van der Waals surface area contributed by atoms with Gasteiger partial charge in [-0.1, -0.05) is 45.3 Å². The van der Waals surface area contributed by atoms with Gasteiger partial charge >= 0.3 is 0 Å². The van der Waals surface area contributed by atoms with Gasteiger partial charge in [0.2, 0.25) is 0 Å². The average molecular weight is 359 g/mol. The molecular formula is C25H42O. The van der Waals surface area contributed by atoms with Gasteiger partial charge < -0.3 is 4.74 Å². The van der Waals surface area contributed by atoms with E-state index in [-0.39, 0.29) is 0 Å². The van der Waals surface area contributed by atoms with E-state index in [1.807, 2.05) is 0 Å². The van der Waals surface area contributed by atoms with Crippen molar-refractivity contribution < 1.29 is 4.74 Å². The highest BCUT2D eigenvalue weighted by atomic mass is 16.5. The number of rotatable bonds is 7. The van der Waals surface area contributed by atoms with Crippen LogP contribution in [0.3, 0.4) is 0 Å². The van der Waals surface area contributed by atoms with Crippen LogP contribution in [0.5, 0.6) is 0 Å². The first-order valence-corrected chi connectivity index (χ1v) is 11.8. The van der Waals surface area contributed by atoms with Crippen LogP contribution < -0.4 is 0 Å². The molecule has 2 aliphatic carbocycles. The fraction of sp³-hybridized carbons (Fsp3) is 0.840. The number of hydrogen-bond acceptors (Lipinski definition) is 1. The second kappa shape index (κ2) is 10.6. The van der Waals surface area contributed by atoms with Gasteiger partial charge in [-0.25, -0.2) is 0 Å². The summed E-state index contributed by atoms with van der Waals surface area (Å²) in [6, 6.07) is 0. The van der Waals surface area contributed by atoms with Gasteiger partial charge in [0.15, 0.2) is 0 Å². The molecule has 1 unspecified atom stereocenters. The molecule has 1 nitrogen and oxygen atoms in total. The van der Waals surface area contributed by atoms with Crippen molar-refractivity contribution in [1.82, 2.24) is 0 Å². The van der Waals surface area contributed by atoms with Crippen LogP contribution in [0.25, 0.3) is 0 Å². The van der Waals surface area contributed by atoms with Gasteiger partial charge in [0, 0.05) is 0 Å². The molecule has 0 saturated heterocycles. The summed E-state index contributed by atoms with van der Waals surface area (Å²) in [5.41, 5.74) is 1.54. The predicted octanol–water partition coefficient (Wildman–Crippen LogP) is 7.82. The molecule has 0 aromatic heterocycles. The summed E-state index contributed by atoms with van der Waals surface area (Å²) in [7, 11) is 0. The molecule has 0 aromatic carbocycles. The van der Waals surface area contributed by atoms with Crippen molar-refractivity contribution in [2.75, 3.05) is 0 Å². The Morgan fingerprint density at radius 3 is 2.04 bits per heavy atom. The van der Waals surface area contributed by atoms with Crippen LogP contribution in [0.2, 0.25) is 0 Å². The van der Waals surface area contributed by atoms with Crippen LogP contribution in [0, 0.1) is 23.7 Å². The predicted molar refractivity (Wildman–Crippen MR) is 112 cm³/mol. The molecule has 3 aliphatic rings. The van der Waals surface area contributed by atoms with Gasteiger partial charge in [-0.3, -0.25) is 0 Å². The quantitative estimate of drug-likeness (QED) is 0.421. The van der Waals surface area contributed by atoms with E-state index in [0.29, 0.717) is 6.10 Å². The Morgan fingerprint density at radius 1 is 0.846 bits per heavy atom. The van der Waals surface area contributed by atoms with Gasteiger partial charge in [0.1, 0.15) is 6.10 Å². The van der Waals surface area contributed by atoms with Crippen molar-refractivity contribution >= 4 is 0 Å². The molecule has 0 aromatic rings. The molecular weight excluding hydrogens is 316 g/mol. The average Bonchev–Trinajstić information content (AvgIpc) is 2.69. The standard InChI is InChI=1S/C25H42O/c1-3-5-20-7-9-21(10-8-20)11-12-22-13-16-24(17-14-22)25-18-15-23(6-4-2)19-26-25/h11-12,19-22,24-25H,3-10,13-18H2,1-2H3/b12-11+. The summed E-state index contributed by atoms with van der Waals surface area (Å²) in [5.74, 6) is 3.56. The van der Waals surface area contributed by atoms with Crippen LogP contribution in [-0.2, 0) is 4.74 Å². The molecule has 148 valence electrons. The monoisotopic (exact) mass is 358 g/mol. The third kappa shape index (κ3) is 5.89. The molecule has 1 heterocycles. The van der Waals surface area contributed by atoms with Gasteiger partial charge in [0.05, 0.1) is 6.26 Å². The van der Waals surface area contributed by atoms with Gasteiger partial charge in [-0.15, -0.1) is 0 Å². The summed E-state index contributed by atoms with van der Waals surface area (Å²) < 4.78 is 6.12. The lowest BCUT2D eigenvalue weighted by Gasteiger charge is -2.35. The Bertz CT molecular complexity index is 447. The lowest BCUT2D eigenvalue weighted by molar-refractivity contribution is 0.0428. The second-order valence-corrected chi connectivity index (χ2v) is 9.37. The summed E-state index contributed by atoms with van der Waals surface area (Å²) in [6.45, 7) is 4.60. The maximum atomic E-state index is 6.12. The molecule has 26 heavy (non-hydrogen) atoms. The molecule has 2 fully saturated rings. The fourth-order valence-electron chi connectivity index (χ4n) is 5.59. The molecule has 1 aliphatic heterocycles. The zero-order chi connectivity index (χ0) is 18.2. The Morgan fingerprint density at radius 2 is 1.50 bits per heavy atom. The van der Waals surface area contributed by atoms with Crippen LogP contribution in [-0.4, -0.2) is 6.10 Å². The summed E-state index contributed by atoms with van der Waals surface area (Å²) in [4.78, 5) is 0. The minimum absolute atomic E-state index is 0.509. The lowest BCUT2D eigenvalue weighted by atomic mass is 9.76. The van der Waals surface area contributed by atoms with Gasteiger partial charge in [-0.05, 0) is 99.9 Å². The van der Waals surface area contributed by atoms with E-state index in [0.717, 1.165) is 23.7 Å². The zero-order valence-electron chi connectivity index (χ0n) is 17.4. The zero-order valence-corrected chi connectivity index (χ0v) is 17.4. The van der Waals surface area contributed by atoms with Crippen LogP contribution >= 0.6 is 0 Å². The van der Waals surface area contributed by atoms with E-state index < -0.39 is 0 Å². The third-order valence-electron chi connectivity index (χ3n) is 7.32. The molecule has 0 bridgehead atoms. The molecule has 0 spiro atoms. The number of allylic oxidation sites excluding steroid dienone is 3. The highest BCUT2D eigenvalue weighted by Gasteiger charge is 2.29. The van der Waals surface area contributed by atoms with Crippen molar-refractivity contribution in [2.24, 2.45) is 23.7 Å². The smallest absolute Gasteiger partial charge is 0.101 e. The van der Waals surface area contributed by atoms with Crippen molar-refractivity contribution in [3.63, 3.8) is 0 Å². The molecule has 2 saturated carbocycles. The first kappa shape index (κ1) is 20.0. The Hall–Kier alpha value is -0.720. The highest BCUT2D eigenvalue weighted by Crippen LogP contribution is 2.37. The van der Waals surface area contributed by atoms with E-state index in [9.17, 15) is 0 Å². The Kier molecular flexibility index (Phi) is 8.14. The van der Waals surface area contributed by atoms with E-state index >= 15 is 0 Å². The number of hydrogen-bond donors (Lipinski definition) is 0. The first-order chi connectivity index (χ1) is 12.8. The first-order valence-electron chi connectivity index (χ1n) is 11.8. The van der Waals surface area contributed by atoms with Crippen molar-refractivity contribution in [3.05, 3.63) is 24.0 Å². The van der Waals surface area contributed by atoms with Crippen LogP contribution in [0.15, 0.2) is 24.0 Å². The van der Waals surface area contributed by atoms with Crippen molar-refractivity contribution in [2.45, 2.75) is 110 Å². The largest absolute Gasteiger partial charge is 0.498 e. The van der Waals surface area contributed by atoms with Crippen molar-refractivity contribution in [1.29, 1.82) is 0 Å². The minimum Gasteiger partial charge on any atom is -0.498 e. The Labute approximate surface area is 162 Å². The topological polar surface area (TPSA) is 9.23 Å². The minimum atomic E-state index is 0.509. The maximum absolute atomic E-state index is 6.12. The van der Waals surface area contributed by atoms with Crippen LogP contribution in [0.4, 0.5) is 0 Å². The summed E-state index contributed by atoms with van der Waals surface area (Å²) in [5, 5.41) is 0. The SMILES string of the molecule is CCCC1=COC(C2CCC(/C=C/C3CCC(CCC)CC3)CC2)CC1. The number of ether oxygens (including phenoxy) is 1. The van der Waals surface area contributed by atoms with Crippen LogP contribution in [0.1, 0.15) is 104 Å². The van der Waals surface area contributed by atoms with E-state index in [1.54, 1.807) is 0 Å². The molecule has 0 amide bonds. The summed E-state index contributed by atoms with van der Waals surface area (Å²) in [6.07, 6.45) is 27.0. The summed E-state index contributed by atoms with van der Waals surface area (Å²) >= 11 is 0. The lowest BCUT2D eigenvalue weighted by Crippen LogP contribution is -2.28. The molecule has 1 atom stereocenters. The van der Waals surface area contributed by atoms with E-state index in [1.165, 1.54) is 95.5 Å².